The summed E-state index contributed by atoms with van der Waals surface area (Å²) in [6.07, 6.45) is 0.745. The summed E-state index contributed by atoms with van der Waals surface area (Å²) >= 11 is 0. The van der Waals surface area contributed by atoms with Gasteiger partial charge >= 0.3 is 0 Å². The fraction of sp³-hybridized carbons (Fsp3) is 0.118. The summed E-state index contributed by atoms with van der Waals surface area (Å²) in [5.41, 5.74) is 2.42. The molecule has 4 nitrogen and oxygen atoms in total. The third-order valence-corrected chi connectivity index (χ3v) is 3.76. The van der Waals surface area contributed by atoms with Crippen molar-refractivity contribution in [3.05, 3.63) is 60.2 Å². The number of hydrogen-bond donors (Lipinski definition) is 0. The molecule has 4 aromatic rings. The fourth-order valence-electron chi connectivity index (χ4n) is 2.67. The lowest BCUT2D eigenvalue weighted by atomic mass is 10.0. The summed E-state index contributed by atoms with van der Waals surface area (Å²) in [4.78, 5) is 0. The van der Waals surface area contributed by atoms with Crippen molar-refractivity contribution < 1.29 is 4.39 Å². The molecule has 0 saturated carbocycles. The number of halogens is 1. The van der Waals surface area contributed by atoms with Crippen LogP contribution in [0.5, 0.6) is 0 Å². The van der Waals surface area contributed by atoms with Gasteiger partial charge in [0.05, 0.1) is 5.69 Å². The highest BCUT2D eigenvalue weighted by Gasteiger charge is 2.14. The average Bonchev–Trinajstić information content (AvgIpc) is 2.98. The smallest absolute Gasteiger partial charge is 0.185 e. The lowest BCUT2D eigenvalue weighted by Crippen LogP contribution is -2.01. The van der Waals surface area contributed by atoms with Gasteiger partial charge in [0, 0.05) is 22.8 Å². The molecule has 0 aliphatic rings. The minimum Gasteiger partial charge on any atom is -0.207 e. The maximum absolute atomic E-state index is 13.2. The Hall–Kier alpha value is -2.82. The molecule has 0 aliphatic heterocycles. The van der Waals surface area contributed by atoms with Gasteiger partial charge in [0.1, 0.15) is 5.82 Å². The van der Waals surface area contributed by atoms with Gasteiger partial charge in [0.2, 0.25) is 0 Å². The Balaban J connectivity index is 2.12. The summed E-state index contributed by atoms with van der Waals surface area (Å²) in [5, 5.41) is 15.1. The summed E-state index contributed by atoms with van der Waals surface area (Å²) < 4.78 is 15.0. The van der Waals surface area contributed by atoms with Crippen LogP contribution in [0.15, 0.2) is 48.5 Å². The Labute approximate surface area is 126 Å². The second-order valence-electron chi connectivity index (χ2n) is 5.11. The molecule has 0 bridgehead atoms. The van der Waals surface area contributed by atoms with E-state index in [0.29, 0.717) is 0 Å². The first-order valence-electron chi connectivity index (χ1n) is 7.17. The zero-order valence-corrected chi connectivity index (χ0v) is 12.0. The summed E-state index contributed by atoms with van der Waals surface area (Å²) in [5.74, 6) is 0.553. The maximum atomic E-state index is 13.2. The molecule has 108 valence electrons. The van der Waals surface area contributed by atoms with Crippen molar-refractivity contribution in [1.82, 2.24) is 19.8 Å². The van der Waals surface area contributed by atoms with Gasteiger partial charge in [-0.2, -0.15) is 9.61 Å². The first-order chi connectivity index (χ1) is 10.8. The molecule has 2 heterocycles. The largest absolute Gasteiger partial charge is 0.207 e. The van der Waals surface area contributed by atoms with Crippen molar-refractivity contribution in [3.63, 3.8) is 0 Å². The number of aryl methyl sites for hydroxylation is 1. The van der Waals surface area contributed by atoms with E-state index >= 15 is 0 Å². The van der Waals surface area contributed by atoms with E-state index in [4.69, 9.17) is 5.10 Å². The zero-order valence-electron chi connectivity index (χ0n) is 12.0. The Kier molecular flexibility index (Phi) is 2.85. The molecule has 4 rings (SSSR count). The molecule has 0 radical (unpaired) electrons. The van der Waals surface area contributed by atoms with Crippen molar-refractivity contribution in [2.24, 2.45) is 0 Å². The fourth-order valence-corrected chi connectivity index (χ4v) is 2.67. The maximum Gasteiger partial charge on any atom is 0.185 e. The Morgan fingerprint density at radius 1 is 0.955 bits per heavy atom. The molecule has 0 unspecified atom stereocenters. The van der Waals surface area contributed by atoms with E-state index in [9.17, 15) is 4.39 Å². The van der Waals surface area contributed by atoms with Crippen LogP contribution in [0.25, 0.3) is 27.7 Å². The van der Waals surface area contributed by atoms with Crippen LogP contribution in [-0.4, -0.2) is 19.8 Å². The first kappa shape index (κ1) is 12.9. The number of aromatic nitrogens is 4. The number of benzene rings is 2. The molecule has 22 heavy (non-hydrogen) atoms. The highest BCUT2D eigenvalue weighted by atomic mass is 19.1. The van der Waals surface area contributed by atoms with Crippen molar-refractivity contribution >= 4 is 16.4 Å². The molecule has 0 aliphatic carbocycles. The van der Waals surface area contributed by atoms with Gasteiger partial charge in [-0.1, -0.05) is 31.2 Å². The van der Waals surface area contributed by atoms with Crippen molar-refractivity contribution in [2.75, 3.05) is 0 Å². The van der Waals surface area contributed by atoms with Crippen molar-refractivity contribution in [3.8, 4) is 11.3 Å². The normalized spacial score (nSPS) is 11.4. The highest BCUT2D eigenvalue weighted by molar-refractivity contribution is 6.01. The van der Waals surface area contributed by atoms with E-state index in [-0.39, 0.29) is 5.82 Å². The van der Waals surface area contributed by atoms with E-state index in [0.717, 1.165) is 39.9 Å². The molecule has 0 saturated heterocycles. The van der Waals surface area contributed by atoms with Gasteiger partial charge in [-0.25, -0.2) is 4.39 Å². The van der Waals surface area contributed by atoms with Crippen LogP contribution in [0, 0.1) is 5.82 Å². The molecular formula is C17H13FN4. The van der Waals surface area contributed by atoms with Crippen LogP contribution in [0.2, 0.25) is 0 Å². The lowest BCUT2D eigenvalue weighted by molar-refractivity contribution is 0.628. The molecular weight excluding hydrogens is 279 g/mol. The van der Waals surface area contributed by atoms with E-state index < -0.39 is 0 Å². The van der Waals surface area contributed by atoms with E-state index in [2.05, 4.69) is 10.2 Å². The van der Waals surface area contributed by atoms with Gasteiger partial charge in [-0.05, 0) is 24.3 Å². The van der Waals surface area contributed by atoms with Gasteiger partial charge in [0.25, 0.3) is 0 Å². The number of nitrogens with zero attached hydrogens (tertiary/aromatic N) is 4. The van der Waals surface area contributed by atoms with Gasteiger partial charge in [0.15, 0.2) is 11.5 Å². The van der Waals surface area contributed by atoms with Crippen LogP contribution in [0.4, 0.5) is 4.39 Å². The second kappa shape index (κ2) is 4.87. The van der Waals surface area contributed by atoms with Crippen LogP contribution >= 0.6 is 0 Å². The minimum atomic E-state index is -0.257. The van der Waals surface area contributed by atoms with Crippen molar-refractivity contribution in [2.45, 2.75) is 13.3 Å². The van der Waals surface area contributed by atoms with Gasteiger partial charge in [-0.15, -0.1) is 10.2 Å². The number of fused-ring (bicyclic) bond motifs is 3. The van der Waals surface area contributed by atoms with E-state index in [1.54, 1.807) is 16.6 Å². The molecule has 0 N–H and O–H groups in total. The van der Waals surface area contributed by atoms with E-state index in [1.807, 2.05) is 31.2 Å². The molecule has 2 aromatic heterocycles. The molecule has 0 fully saturated rings. The van der Waals surface area contributed by atoms with Gasteiger partial charge < -0.3 is 0 Å². The Bertz CT molecular complexity index is 973. The Morgan fingerprint density at radius 3 is 2.41 bits per heavy atom. The average molecular weight is 292 g/mol. The first-order valence-corrected chi connectivity index (χ1v) is 7.17. The minimum absolute atomic E-state index is 0.257. The van der Waals surface area contributed by atoms with Crippen molar-refractivity contribution in [1.29, 1.82) is 0 Å². The number of rotatable bonds is 2. The van der Waals surface area contributed by atoms with Crippen LogP contribution in [0.3, 0.4) is 0 Å². The monoisotopic (exact) mass is 292 g/mol. The van der Waals surface area contributed by atoms with Gasteiger partial charge in [-0.3, -0.25) is 0 Å². The predicted octanol–water partition coefficient (Wildman–Crippen LogP) is 3.65. The van der Waals surface area contributed by atoms with E-state index in [1.165, 1.54) is 12.1 Å². The third-order valence-electron chi connectivity index (χ3n) is 3.76. The molecule has 5 heteroatoms. The molecule has 0 spiro atoms. The quantitative estimate of drug-likeness (QED) is 0.566. The lowest BCUT2D eigenvalue weighted by Gasteiger charge is -2.08. The summed E-state index contributed by atoms with van der Waals surface area (Å²) in [7, 11) is 0. The number of hydrogen-bond acceptors (Lipinski definition) is 3. The topological polar surface area (TPSA) is 43.1 Å². The zero-order chi connectivity index (χ0) is 15.1. The molecule has 0 amide bonds. The highest BCUT2D eigenvalue weighted by Crippen LogP contribution is 2.29. The SMILES string of the molecule is CCc1nnc2c3ccccc3c(-c3ccc(F)cc3)nn12. The van der Waals surface area contributed by atoms with Crippen LogP contribution < -0.4 is 0 Å². The third kappa shape index (κ3) is 1.86. The predicted molar refractivity (Wildman–Crippen MR) is 83.1 cm³/mol. The molecule has 0 atom stereocenters. The standard InChI is InChI=1S/C17H13FN4/c1-2-15-19-20-17-14-6-4-3-5-13(14)16(21-22(15)17)11-7-9-12(18)10-8-11/h3-10H,2H2,1H3. The molecule has 2 aromatic carbocycles. The van der Waals surface area contributed by atoms with Crippen LogP contribution in [0.1, 0.15) is 12.7 Å². The summed E-state index contributed by atoms with van der Waals surface area (Å²) in [6, 6.07) is 14.3. The Morgan fingerprint density at radius 2 is 1.68 bits per heavy atom. The summed E-state index contributed by atoms with van der Waals surface area (Å²) in [6.45, 7) is 2.02. The van der Waals surface area contributed by atoms with Crippen LogP contribution in [-0.2, 0) is 6.42 Å². The second-order valence-corrected chi connectivity index (χ2v) is 5.11.